The molecule has 0 fully saturated rings. The molecule has 1 rings (SSSR count). The fourth-order valence-corrected chi connectivity index (χ4v) is 1.51. The number of likely N-dealkylation sites (N-methyl/N-ethyl adjacent to an activating group) is 1. The molecule has 0 heterocycles. The van der Waals surface area contributed by atoms with Gasteiger partial charge in [0, 0.05) is 5.56 Å². The quantitative estimate of drug-likeness (QED) is 0.798. The van der Waals surface area contributed by atoms with Crippen LogP contribution in [-0.4, -0.2) is 49.9 Å². The molecule has 0 saturated carbocycles. The molecule has 0 aliphatic heterocycles. The van der Waals surface area contributed by atoms with Gasteiger partial charge >= 0.3 is 0 Å². The molecule has 0 aliphatic carbocycles. The monoisotopic (exact) mass is 267 g/mol. The number of carboxylic acids is 1. The predicted molar refractivity (Wildman–Crippen MR) is 74.8 cm³/mol. The van der Waals surface area contributed by atoms with Crippen molar-refractivity contribution in [3.63, 3.8) is 0 Å². The van der Waals surface area contributed by atoms with Crippen LogP contribution >= 0.6 is 0 Å². The number of quaternary nitrogens is 1. The third-order valence-electron chi connectivity index (χ3n) is 2.53. The van der Waals surface area contributed by atoms with Crippen molar-refractivity contribution >= 4 is 5.97 Å². The van der Waals surface area contributed by atoms with Crippen molar-refractivity contribution in [1.29, 1.82) is 0 Å². The van der Waals surface area contributed by atoms with E-state index in [1.807, 2.05) is 19.1 Å². The molecule has 0 unspecified atom stereocenters. The predicted octanol–water partition coefficient (Wildman–Crippen LogP) is 0.688. The van der Waals surface area contributed by atoms with Gasteiger partial charge in [0.05, 0.1) is 33.7 Å². The first-order valence-corrected chi connectivity index (χ1v) is 6.52. The van der Waals surface area contributed by atoms with E-state index < -0.39 is 5.97 Å². The number of aryl methyl sites for hydroxylation is 1. The Labute approximate surface area is 115 Å². The molecule has 0 amide bonds. The third-order valence-corrected chi connectivity index (χ3v) is 2.53. The molecule has 0 radical (unpaired) electrons. The van der Waals surface area contributed by atoms with Crippen molar-refractivity contribution in [3.05, 3.63) is 35.4 Å². The van der Waals surface area contributed by atoms with E-state index in [1.54, 1.807) is 12.1 Å². The maximum Gasteiger partial charge on any atom is 0.101 e. The number of rotatable bonds is 5. The number of hydrogen-bond donors (Lipinski definition) is 1. The van der Waals surface area contributed by atoms with E-state index in [4.69, 9.17) is 5.11 Å². The second kappa shape index (κ2) is 8.67. The van der Waals surface area contributed by atoms with E-state index in [9.17, 15) is 9.90 Å². The van der Waals surface area contributed by atoms with Crippen LogP contribution in [0.15, 0.2) is 24.3 Å². The first-order valence-electron chi connectivity index (χ1n) is 6.52. The number of aromatic carboxylic acids is 1. The molecule has 0 bridgehead atoms. The number of aliphatic hydroxyl groups excluding tert-OH is 1. The van der Waals surface area contributed by atoms with E-state index in [0.29, 0.717) is 5.56 Å². The largest absolute Gasteiger partial charge is 0.545 e. The summed E-state index contributed by atoms with van der Waals surface area (Å²) in [6, 6.07) is 6.97. The van der Waals surface area contributed by atoms with E-state index in [1.165, 1.54) is 0 Å². The topological polar surface area (TPSA) is 60.4 Å². The standard InChI is InChI=1S/C10H12O2.C5H14NO/c1-2-5-8-6-3-4-7-9(8)10(11)12;1-6(2,3)4-5-7/h3-4,6-7H,2,5H2,1H3,(H,11,12);7H,4-5H2,1-3H3/q;+1/p-1. The summed E-state index contributed by atoms with van der Waals surface area (Å²) in [6.45, 7) is 3.13. The van der Waals surface area contributed by atoms with Crippen LogP contribution in [0.3, 0.4) is 0 Å². The third kappa shape index (κ3) is 8.35. The SMILES string of the molecule is CCCc1ccccc1C(=O)[O-].C[N+](C)(C)CCO. The minimum Gasteiger partial charge on any atom is -0.545 e. The van der Waals surface area contributed by atoms with Crippen molar-refractivity contribution in [2.45, 2.75) is 19.8 Å². The molecular weight excluding hydrogens is 242 g/mol. The van der Waals surface area contributed by atoms with E-state index in [0.717, 1.165) is 29.4 Å². The van der Waals surface area contributed by atoms with Crippen molar-refractivity contribution in [1.82, 2.24) is 0 Å². The Morgan fingerprint density at radius 3 is 2.21 bits per heavy atom. The van der Waals surface area contributed by atoms with Gasteiger partial charge in [0.15, 0.2) is 0 Å². The zero-order valence-corrected chi connectivity index (χ0v) is 12.3. The second-order valence-electron chi connectivity index (χ2n) is 5.43. The maximum atomic E-state index is 10.6. The van der Waals surface area contributed by atoms with Crippen LogP contribution in [0.2, 0.25) is 0 Å². The number of carbonyl (C=O) groups excluding carboxylic acids is 1. The van der Waals surface area contributed by atoms with Crippen LogP contribution in [0.4, 0.5) is 0 Å². The van der Waals surface area contributed by atoms with Gasteiger partial charge < -0.3 is 19.5 Å². The molecule has 19 heavy (non-hydrogen) atoms. The van der Waals surface area contributed by atoms with Crippen LogP contribution in [-0.2, 0) is 6.42 Å². The summed E-state index contributed by atoms with van der Waals surface area (Å²) in [7, 11) is 6.16. The van der Waals surface area contributed by atoms with Gasteiger partial charge in [0.1, 0.15) is 6.54 Å². The first kappa shape index (κ1) is 17.6. The van der Waals surface area contributed by atoms with Gasteiger partial charge in [0.25, 0.3) is 0 Å². The van der Waals surface area contributed by atoms with Crippen LogP contribution in [0.5, 0.6) is 0 Å². The molecule has 108 valence electrons. The Bertz CT molecular complexity index is 383. The summed E-state index contributed by atoms with van der Waals surface area (Å²) in [4.78, 5) is 10.6. The molecule has 4 nitrogen and oxygen atoms in total. The highest BCUT2D eigenvalue weighted by molar-refractivity contribution is 5.87. The summed E-state index contributed by atoms with van der Waals surface area (Å²) in [5, 5.41) is 19.0. The lowest BCUT2D eigenvalue weighted by Crippen LogP contribution is -2.36. The molecule has 0 aromatic heterocycles. The molecule has 0 atom stereocenters. The molecule has 0 aliphatic rings. The highest BCUT2D eigenvalue weighted by atomic mass is 16.4. The fourth-order valence-electron chi connectivity index (χ4n) is 1.51. The van der Waals surface area contributed by atoms with E-state index in [2.05, 4.69) is 21.1 Å². The minimum atomic E-state index is -1.08. The molecule has 4 heteroatoms. The minimum absolute atomic E-state index is 0.281. The van der Waals surface area contributed by atoms with Gasteiger partial charge in [-0.15, -0.1) is 0 Å². The Balaban J connectivity index is 0.000000399. The van der Waals surface area contributed by atoms with Crippen molar-refractivity contribution in [3.8, 4) is 0 Å². The van der Waals surface area contributed by atoms with Gasteiger partial charge in [-0.05, 0) is 12.0 Å². The Morgan fingerprint density at radius 2 is 1.84 bits per heavy atom. The average Bonchev–Trinajstić information content (AvgIpc) is 2.29. The molecule has 0 saturated heterocycles. The van der Waals surface area contributed by atoms with E-state index in [-0.39, 0.29) is 6.61 Å². The molecule has 1 aromatic carbocycles. The van der Waals surface area contributed by atoms with Gasteiger partial charge in [0.2, 0.25) is 0 Å². The number of carboxylic acid groups (broad SMARTS) is 1. The maximum absolute atomic E-state index is 10.6. The lowest BCUT2D eigenvalue weighted by atomic mass is 10.0. The Hall–Kier alpha value is -1.39. The summed E-state index contributed by atoms with van der Waals surface area (Å²) < 4.78 is 0.844. The molecule has 1 aromatic rings. The van der Waals surface area contributed by atoms with Crippen LogP contribution in [0.25, 0.3) is 0 Å². The van der Waals surface area contributed by atoms with Gasteiger partial charge in [-0.25, -0.2) is 0 Å². The number of carbonyl (C=O) groups is 1. The number of benzene rings is 1. The molecule has 0 spiro atoms. The number of aliphatic hydroxyl groups is 1. The smallest absolute Gasteiger partial charge is 0.101 e. The van der Waals surface area contributed by atoms with E-state index >= 15 is 0 Å². The second-order valence-corrected chi connectivity index (χ2v) is 5.43. The Morgan fingerprint density at radius 1 is 1.26 bits per heavy atom. The average molecular weight is 267 g/mol. The highest BCUT2D eigenvalue weighted by Gasteiger charge is 2.02. The van der Waals surface area contributed by atoms with Crippen molar-refractivity contribution < 1.29 is 19.5 Å². The van der Waals surface area contributed by atoms with Crippen molar-refractivity contribution in [2.75, 3.05) is 34.3 Å². The summed E-state index contributed by atoms with van der Waals surface area (Å²) in [5.74, 6) is -1.08. The summed E-state index contributed by atoms with van der Waals surface area (Å²) in [6.07, 6.45) is 1.74. The number of nitrogens with zero attached hydrogens (tertiary/aromatic N) is 1. The highest BCUT2D eigenvalue weighted by Crippen LogP contribution is 2.09. The normalized spacial score (nSPS) is 10.6. The lowest BCUT2D eigenvalue weighted by molar-refractivity contribution is -0.870. The molecular formula is C15H25NO3. The lowest BCUT2D eigenvalue weighted by Gasteiger charge is -2.21. The zero-order valence-electron chi connectivity index (χ0n) is 12.3. The number of hydrogen-bond acceptors (Lipinski definition) is 3. The molecule has 1 N–H and O–H groups in total. The van der Waals surface area contributed by atoms with Crippen LogP contribution < -0.4 is 5.11 Å². The summed E-state index contributed by atoms with van der Waals surface area (Å²) in [5.41, 5.74) is 1.18. The van der Waals surface area contributed by atoms with Crippen molar-refractivity contribution in [2.24, 2.45) is 0 Å². The van der Waals surface area contributed by atoms with Gasteiger partial charge in [-0.2, -0.15) is 0 Å². The fraction of sp³-hybridized carbons (Fsp3) is 0.533. The van der Waals surface area contributed by atoms with Gasteiger partial charge in [-0.3, -0.25) is 0 Å². The van der Waals surface area contributed by atoms with Gasteiger partial charge in [-0.1, -0.05) is 37.6 Å². The first-order chi connectivity index (χ1) is 8.81. The zero-order chi connectivity index (χ0) is 14.9. The summed E-state index contributed by atoms with van der Waals surface area (Å²) >= 11 is 0. The van der Waals surface area contributed by atoms with Crippen LogP contribution in [0, 0.1) is 0 Å². The Kier molecular flexibility index (Phi) is 8.03. The van der Waals surface area contributed by atoms with Crippen LogP contribution in [0.1, 0.15) is 29.3 Å².